The average Bonchev–Trinajstić information content (AvgIpc) is 2.69. The zero-order valence-corrected chi connectivity index (χ0v) is 14.5. The molecule has 0 radical (unpaired) electrons. The fourth-order valence-corrected chi connectivity index (χ4v) is 2.39. The summed E-state index contributed by atoms with van der Waals surface area (Å²) in [4.78, 5) is 20.4. The normalized spacial score (nSPS) is 10.2. The lowest BCUT2D eigenvalue weighted by molar-refractivity contribution is 0.0950. The Morgan fingerprint density at radius 2 is 1.77 bits per heavy atom. The molecule has 0 aliphatic rings. The second-order valence-electron chi connectivity index (χ2n) is 5.58. The van der Waals surface area contributed by atoms with Gasteiger partial charge in [0.25, 0.3) is 5.91 Å². The molecular formula is C20H20N4O2. The Hall–Kier alpha value is -3.41. The van der Waals surface area contributed by atoms with Crippen molar-refractivity contribution in [1.29, 1.82) is 0 Å². The van der Waals surface area contributed by atoms with E-state index >= 15 is 0 Å². The molecule has 26 heavy (non-hydrogen) atoms. The molecule has 0 bridgehead atoms. The summed E-state index contributed by atoms with van der Waals surface area (Å²) in [5, 5.41) is 6.11. The van der Waals surface area contributed by atoms with Crippen molar-refractivity contribution in [3.63, 3.8) is 0 Å². The molecule has 3 aromatic rings. The van der Waals surface area contributed by atoms with E-state index in [0.29, 0.717) is 18.7 Å². The van der Waals surface area contributed by atoms with E-state index in [1.165, 1.54) is 0 Å². The predicted molar refractivity (Wildman–Crippen MR) is 101 cm³/mol. The van der Waals surface area contributed by atoms with Gasteiger partial charge >= 0.3 is 0 Å². The maximum atomic E-state index is 12.3. The van der Waals surface area contributed by atoms with Crippen LogP contribution in [-0.2, 0) is 6.54 Å². The van der Waals surface area contributed by atoms with Crippen LogP contribution in [0.2, 0.25) is 0 Å². The van der Waals surface area contributed by atoms with E-state index in [1.54, 1.807) is 30.9 Å². The predicted octanol–water partition coefficient (Wildman–Crippen LogP) is 3.55. The SMILES string of the molecule is CCOc1ccc(Nc2cncc(C(=O)NCc3ccncc3)c2)cc1. The molecule has 2 N–H and O–H groups in total. The number of benzene rings is 1. The third-order valence-corrected chi connectivity index (χ3v) is 3.66. The topological polar surface area (TPSA) is 76.1 Å². The fourth-order valence-electron chi connectivity index (χ4n) is 2.39. The van der Waals surface area contributed by atoms with Crippen LogP contribution in [-0.4, -0.2) is 22.5 Å². The van der Waals surface area contributed by atoms with Gasteiger partial charge < -0.3 is 15.4 Å². The molecule has 1 aromatic carbocycles. The summed E-state index contributed by atoms with van der Waals surface area (Å²) >= 11 is 0. The molecule has 0 atom stereocenters. The van der Waals surface area contributed by atoms with E-state index < -0.39 is 0 Å². The molecule has 3 rings (SSSR count). The van der Waals surface area contributed by atoms with Crippen molar-refractivity contribution in [2.75, 3.05) is 11.9 Å². The maximum Gasteiger partial charge on any atom is 0.253 e. The Balaban J connectivity index is 1.62. The quantitative estimate of drug-likeness (QED) is 0.683. The van der Waals surface area contributed by atoms with Crippen LogP contribution in [0.15, 0.2) is 67.3 Å². The second-order valence-corrected chi connectivity index (χ2v) is 5.58. The highest BCUT2D eigenvalue weighted by Gasteiger charge is 2.07. The molecule has 2 aromatic heterocycles. The number of aromatic nitrogens is 2. The Morgan fingerprint density at radius 1 is 1.00 bits per heavy atom. The number of amides is 1. The Labute approximate surface area is 152 Å². The summed E-state index contributed by atoms with van der Waals surface area (Å²) in [7, 11) is 0. The first-order valence-corrected chi connectivity index (χ1v) is 8.36. The minimum atomic E-state index is -0.176. The van der Waals surface area contributed by atoms with Gasteiger partial charge in [-0.05, 0) is 55.0 Å². The van der Waals surface area contributed by atoms with Gasteiger partial charge in [-0.25, -0.2) is 0 Å². The van der Waals surface area contributed by atoms with E-state index in [-0.39, 0.29) is 5.91 Å². The third kappa shape index (κ3) is 4.80. The van der Waals surface area contributed by atoms with E-state index in [4.69, 9.17) is 4.74 Å². The zero-order chi connectivity index (χ0) is 18.2. The van der Waals surface area contributed by atoms with Gasteiger partial charge in [0.2, 0.25) is 0 Å². The average molecular weight is 348 g/mol. The summed E-state index contributed by atoms with van der Waals surface area (Å²) in [6.45, 7) is 3.02. The van der Waals surface area contributed by atoms with Crippen molar-refractivity contribution in [3.05, 3.63) is 78.4 Å². The largest absolute Gasteiger partial charge is 0.494 e. The number of carbonyl (C=O) groups excluding carboxylic acids is 1. The number of pyridine rings is 2. The van der Waals surface area contributed by atoms with Crippen LogP contribution < -0.4 is 15.4 Å². The lowest BCUT2D eigenvalue weighted by Crippen LogP contribution is -2.23. The van der Waals surface area contributed by atoms with Crippen LogP contribution in [0.1, 0.15) is 22.8 Å². The second kappa shape index (κ2) is 8.62. The Morgan fingerprint density at radius 3 is 2.50 bits per heavy atom. The van der Waals surface area contributed by atoms with Crippen LogP contribution in [0.3, 0.4) is 0 Å². The highest BCUT2D eigenvalue weighted by molar-refractivity contribution is 5.94. The number of ether oxygens (including phenoxy) is 1. The molecule has 0 saturated carbocycles. The summed E-state index contributed by atoms with van der Waals surface area (Å²) in [6.07, 6.45) is 6.62. The molecule has 0 saturated heterocycles. The van der Waals surface area contributed by atoms with Crippen LogP contribution in [0.25, 0.3) is 0 Å². The van der Waals surface area contributed by atoms with Crippen molar-refractivity contribution >= 4 is 17.3 Å². The van der Waals surface area contributed by atoms with Crippen LogP contribution in [0.4, 0.5) is 11.4 Å². The van der Waals surface area contributed by atoms with E-state index in [1.807, 2.05) is 43.3 Å². The summed E-state index contributed by atoms with van der Waals surface area (Å²) in [5.74, 6) is 0.644. The fraction of sp³-hybridized carbons (Fsp3) is 0.150. The monoisotopic (exact) mass is 348 g/mol. The van der Waals surface area contributed by atoms with E-state index in [0.717, 1.165) is 22.7 Å². The van der Waals surface area contributed by atoms with Crippen LogP contribution in [0, 0.1) is 0 Å². The van der Waals surface area contributed by atoms with Crippen LogP contribution in [0.5, 0.6) is 5.75 Å². The molecule has 1 amide bonds. The number of carbonyl (C=O) groups is 1. The number of nitrogens with zero attached hydrogens (tertiary/aromatic N) is 2. The molecule has 0 aliphatic carbocycles. The smallest absolute Gasteiger partial charge is 0.253 e. The first-order chi connectivity index (χ1) is 12.7. The number of hydrogen-bond donors (Lipinski definition) is 2. The minimum Gasteiger partial charge on any atom is -0.494 e. The first kappa shape index (κ1) is 17.4. The molecule has 0 unspecified atom stereocenters. The van der Waals surface area contributed by atoms with E-state index in [2.05, 4.69) is 20.6 Å². The maximum absolute atomic E-state index is 12.3. The molecule has 0 fully saturated rings. The lowest BCUT2D eigenvalue weighted by Gasteiger charge is -2.09. The summed E-state index contributed by atoms with van der Waals surface area (Å²) in [5.41, 5.74) is 3.12. The van der Waals surface area contributed by atoms with Gasteiger partial charge in [-0.3, -0.25) is 14.8 Å². The third-order valence-electron chi connectivity index (χ3n) is 3.66. The molecule has 0 aliphatic heterocycles. The van der Waals surface area contributed by atoms with Crippen LogP contribution >= 0.6 is 0 Å². The molecule has 6 nitrogen and oxygen atoms in total. The Kier molecular flexibility index (Phi) is 5.77. The number of hydrogen-bond acceptors (Lipinski definition) is 5. The van der Waals surface area contributed by atoms with Crippen molar-refractivity contribution in [1.82, 2.24) is 15.3 Å². The highest BCUT2D eigenvalue weighted by atomic mass is 16.5. The van der Waals surface area contributed by atoms with Gasteiger partial charge in [-0.15, -0.1) is 0 Å². The minimum absolute atomic E-state index is 0.176. The van der Waals surface area contributed by atoms with Gasteiger partial charge in [0.05, 0.1) is 24.1 Å². The summed E-state index contributed by atoms with van der Waals surface area (Å²) in [6, 6.07) is 13.1. The van der Waals surface area contributed by atoms with Crippen molar-refractivity contribution < 1.29 is 9.53 Å². The van der Waals surface area contributed by atoms with Gasteiger partial charge in [0, 0.05) is 30.8 Å². The van der Waals surface area contributed by atoms with Gasteiger partial charge in [0.1, 0.15) is 5.75 Å². The summed E-state index contributed by atoms with van der Waals surface area (Å²) < 4.78 is 5.43. The van der Waals surface area contributed by atoms with Crippen molar-refractivity contribution in [2.45, 2.75) is 13.5 Å². The van der Waals surface area contributed by atoms with Gasteiger partial charge in [0.15, 0.2) is 0 Å². The number of nitrogens with one attached hydrogen (secondary N) is 2. The van der Waals surface area contributed by atoms with E-state index in [9.17, 15) is 4.79 Å². The number of rotatable bonds is 7. The first-order valence-electron chi connectivity index (χ1n) is 8.36. The van der Waals surface area contributed by atoms with Crippen molar-refractivity contribution in [2.24, 2.45) is 0 Å². The highest BCUT2D eigenvalue weighted by Crippen LogP contribution is 2.20. The standard InChI is InChI=1S/C20H20N4O2/c1-2-26-19-5-3-17(4-6-19)24-18-11-16(13-22-14-18)20(25)23-12-15-7-9-21-10-8-15/h3-11,13-14,24H,2,12H2,1H3,(H,23,25). The van der Waals surface area contributed by atoms with Gasteiger partial charge in [-0.1, -0.05) is 0 Å². The zero-order valence-electron chi connectivity index (χ0n) is 14.5. The lowest BCUT2D eigenvalue weighted by atomic mass is 10.2. The molecule has 132 valence electrons. The molecule has 6 heteroatoms. The molecular weight excluding hydrogens is 328 g/mol. The number of anilines is 2. The van der Waals surface area contributed by atoms with Crippen molar-refractivity contribution in [3.8, 4) is 5.75 Å². The van der Waals surface area contributed by atoms with Gasteiger partial charge in [-0.2, -0.15) is 0 Å². The molecule has 0 spiro atoms. The Bertz CT molecular complexity index is 851. The molecule has 2 heterocycles.